The Hall–Kier alpha value is -1.18. The van der Waals surface area contributed by atoms with Crippen LogP contribution in [0.1, 0.15) is 29.8 Å². The van der Waals surface area contributed by atoms with Crippen molar-refractivity contribution in [3.05, 3.63) is 11.1 Å². The number of nitrogens with one attached hydrogen (secondary N) is 1. The summed E-state index contributed by atoms with van der Waals surface area (Å²) in [5.41, 5.74) is 6.00. The molecule has 1 saturated carbocycles. The highest BCUT2D eigenvalue weighted by Crippen LogP contribution is 2.37. The molecule has 1 aromatic rings. The zero-order valence-corrected chi connectivity index (χ0v) is 12.6. The fourth-order valence-corrected chi connectivity index (χ4v) is 3.95. The van der Waals surface area contributed by atoms with Gasteiger partial charge < -0.3 is 15.8 Å². The Bertz CT molecular complexity index is 545. The summed E-state index contributed by atoms with van der Waals surface area (Å²) in [7, 11) is 0. The molecule has 2 saturated heterocycles. The first-order chi connectivity index (χ1) is 10.2. The number of aromatic nitrogens is 1. The van der Waals surface area contributed by atoms with Crippen LogP contribution in [0.2, 0.25) is 0 Å². The fourth-order valence-electron chi connectivity index (χ4n) is 3.41. The second-order valence-electron chi connectivity index (χ2n) is 6.29. The zero-order valence-electron chi connectivity index (χ0n) is 11.8. The number of thiazole rings is 1. The molecule has 3 N–H and O–H groups in total. The summed E-state index contributed by atoms with van der Waals surface area (Å²) in [4.78, 5) is 18.6. The Labute approximate surface area is 127 Å². The predicted octanol–water partition coefficient (Wildman–Crippen LogP) is 0.707. The van der Waals surface area contributed by atoms with Crippen molar-refractivity contribution in [3.63, 3.8) is 0 Å². The number of fused-ring (bicyclic) bond motifs is 1. The van der Waals surface area contributed by atoms with Gasteiger partial charge in [-0.25, -0.2) is 4.98 Å². The molecule has 1 amide bonds. The lowest BCUT2D eigenvalue weighted by molar-refractivity contribution is -0.0581. The summed E-state index contributed by atoms with van der Waals surface area (Å²) < 4.78 is 5.98. The Kier molecular flexibility index (Phi) is 3.35. The molecule has 1 aromatic heterocycles. The van der Waals surface area contributed by atoms with Crippen LogP contribution in [0, 0.1) is 5.92 Å². The fraction of sp³-hybridized carbons (Fsp3) is 0.714. The lowest BCUT2D eigenvalue weighted by Gasteiger charge is -2.35. The van der Waals surface area contributed by atoms with Gasteiger partial charge in [-0.2, -0.15) is 0 Å². The van der Waals surface area contributed by atoms with Crippen molar-refractivity contribution in [2.24, 2.45) is 5.92 Å². The number of amides is 1. The van der Waals surface area contributed by atoms with Crippen molar-refractivity contribution >= 4 is 22.4 Å². The van der Waals surface area contributed by atoms with Crippen LogP contribution in [0.5, 0.6) is 0 Å². The second kappa shape index (κ2) is 5.23. The van der Waals surface area contributed by atoms with Crippen LogP contribution < -0.4 is 11.1 Å². The van der Waals surface area contributed by atoms with Gasteiger partial charge in [-0.3, -0.25) is 9.69 Å². The van der Waals surface area contributed by atoms with Crippen molar-refractivity contribution in [3.8, 4) is 0 Å². The van der Waals surface area contributed by atoms with Crippen LogP contribution >= 0.6 is 11.3 Å². The van der Waals surface area contributed by atoms with Gasteiger partial charge in [0, 0.05) is 30.6 Å². The second-order valence-corrected chi connectivity index (χ2v) is 7.18. The van der Waals surface area contributed by atoms with Gasteiger partial charge in [0.25, 0.3) is 5.91 Å². The number of anilines is 1. The van der Waals surface area contributed by atoms with E-state index in [0.717, 1.165) is 32.0 Å². The molecule has 0 spiro atoms. The summed E-state index contributed by atoms with van der Waals surface area (Å²) in [6.07, 6.45) is 4.00. The highest BCUT2D eigenvalue weighted by atomic mass is 32.1. The summed E-state index contributed by atoms with van der Waals surface area (Å²) >= 11 is 1.30. The number of nitrogens with zero attached hydrogens (tertiary/aromatic N) is 2. The number of hydrogen-bond donors (Lipinski definition) is 2. The number of hydrogen-bond acceptors (Lipinski definition) is 6. The molecule has 3 heterocycles. The molecule has 21 heavy (non-hydrogen) atoms. The van der Waals surface area contributed by atoms with Crippen LogP contribution in [0.25, 0.3) is 0 Å². The number of morpholine rings is 1. The normalized spacial score (nSPS) is 32.9. The van der Waals surface area contributed by atoms with Gasteiger partial charge in [0.1, 0.15) is 5.69 Å². The molecule has 4 rings (SSSR count). The number of nitrogen functional groups attached to an aromatic ring is 1. The Morgan fingerprint density at radius 1 is 1.48 bits per heavy atom. The molecule has 0 aromatic carbocycles. The zero-order chi connectivity index (χ0) is 14.4. The van der Waals surface area contributed by atoms with Crippen LogP contribution in [0.3, 0.4) is 0 Å². The molecule has 0 radical (unpaired) electrons. The molecule has 114 valence electrons. The average molecular weight is 308 g/mol. The van der Waals surface area contributed by atoms with Crippen LogP contribution in [-0.4, -0.2) is 53.7 Å². The number of rotatable bonds is 3. The van der Waals surface area contributed by atoms with E-state index in [1.54, 1.807) is 5.38 Å². The first kappa shape index (κ1) is 13.5. The number of carbonyl (C=O) groups excluding carboxylic acids is 1. The molecule has 7 heteroatoms. The van der Waals surface area contributed by atoms with E-state index in [4.69, 9.17) is 10.5 Å². The molecule has 6 nitrogen and oxygen atoms in total. The summed E-state index contributed by atoms with van der Waals surface area (Å²) in [5.74, 6) is 0.657. The van der Waals surface area contributed by atoms with Crippen LogP contribution in [0.15, 0.2) is 5.38 Å². The quantitative estimate of drug-likeness (QED) is 0.859. The summed E-state index contributed by atoms with van der Waals surface area (Å²) in [6.45, 7) is 2.74. The first-order valence-corrected chi connectivity index (χ1v) is 8.44. The van der Waals surface area contributed by atoms with E-state index < -0.39 is 0 Å². The van der Waals surface area contributed by atoms with E-state index in [1.165, 1.54) is 24.2 Å². The minimum atomic E-state index is -0.118. The SMILES string of the molecule is Nc1nc(C(=O)N[C@H]2C[C@H]3CO[C@@H](C4CC4)CN3C2)cs1. The smallest absolute Gasteiger partial charge is 0.271 e. The van der Waals surface area contributed by atoms with Crippen molar-refractivity contribution < 1.29 is 9.53 Å². The maximum Gasteiger partial charge on any atom is 0.271 e. The monoisotopic (exact) mass is 308 g/mol. The van der Waals surface area contributed by atoms with Gasteiger partial charge in [-0.05, 0) is 25.2 Å². The molecule has 0 unspecified atom stereocenters. The lowest BCUT2D eigenvalue weighted by atomic mass is 10.1. The Morgan fingerprint density at radius 2 is 2.33 bits per heavy atom. The van der Waals surface area contributed by atoms with E-state index >= 15 is 0 Å². The third kappa shape index (κ3) is 2.77. The van der Waals surface area contributed by atoms with Gasteiger partial charge in [0.15, 0.2) is 5.13 Å². The van der Waals surface area contributed by atoms with Gasteiger partial charge in [0.05, 0.1) is 12.7 Å². The average Bonchev–Trinajstić information content (AvgIpc) is 3.10. The van der Waals surface area contributed by atoms with Gasteiger partial charge in [-0.1, -0.05) is 0 Å². The van der Waals surface area contributed by atoms with Crippen LogP contribution in [0.4, 0.5) is 5.13 Å². The Morgan fingerprint density at radius 3 is 3.05 bits per heavy atom. The molecule has 2 aliphatic heterocycles. The number of ether oxygens (including phenoxy) is 1. The molecular formula is C14H20N4O2S. The molecule has 3 fully saturated rings. The molecule has 3 atom stereocenters. The van der Waals surface area contributed by atoms with Crippen molar-refractivity contribution in [2.45, 2.75) is 37.5 Å². The summed E-state index contributed by atoms with van der Waals surface area (Å²) in [5, 5.41) is 5.22. The summed E-state index contributed by atoms with van der Waals surface area (Å²) in [6, 6.07) is 0.637. The van der Waals surface area contributed by atoms with Gasteiger partial charge in [-0.15, -0.1) is 11.3 Å². The number of carbonyl (C=O) groups is 1. The molecular weight excluding hydrogens is 288 g/mol. The van der Waals surface area contributed by atoms with E-state index in [9.17, 15) is 4.79 Å². The third-order valence-corrected chi connectivity index (χ3v) is 5.36. The first-order valence-electron chi connectivity index (χ1n) is 7.56. The molecule has 3 aliphatic rings. The maximum absolute atomic E-state index is 12.1. The van der Waals surface area contributed by atoms with Crippen LogP contribution in [-0.2, 0) is 4.74 Å². The lowest BCUT2D eigenvalue weighted by Crippen LogP contribution is -2.47. The standard InChI is InChI=1S/C14H20N4O2S/c15-14-17-11(7-21-14)13(19)16-9-3-10-6-20-12(8-1-2-8)5-18(10)4-9/h7-10,12H,1-6H2,(H2,15,17)(H,16,19)/t9-,10-,12+/m0/s1. The number of nitrogens with two attached hydrogens (primary N) is 1. The maximum atomic E-state index is 12.1. The van der Waals surface area contributed by atoms with Crippen molar-refractivity contribution in [1.82, 2.24) is 15.2 Å². The molecule has 0 bridgehead atoms. The molecule has 1 aliphatic carbocycles. The Balaban J connectivity index is 1.34. The minimum absolute atomic E-state index is 0.118. The van der Waals surface area contributed by atoms with Gasteiger partial charge in [0.2, 0.25) is 0 Å². The largest absolute Gasteiger partial charge is 0.375 e. The van der Waals surface area contributed by atoms with Crippen molar-refractivity contribution in [2.75, 3.05) is 25.4 Å². The van der Waals surface area contributed by atoms with E-state index in [-0.39, 0.29) is 11.9 Å². The van der Waals surface area contributed by atoms with Crippen molar-refractivity contribution in [1.29, 1.82) is 0 Å². The third-order valence-electron chi connectivity index (χ3n) is 4.68. The topological polar surface area (TPSA) is 80.5 Å². The van der Waals surface area contributed by atoms with Gasteiger partial charge >= 0.3 is 0 Å². The van der Waals surface area contributed by atoms with E-state index in [1.807, 2.05) is 0 Å². The van der Waals surface area contributed by atoms with E-state index in [0.29, 0.717) is 23.0 Å². The predicted molar refractivity (Wildman–Crippen MR) is 80.2 cm³/mol. The highest BCUT2D eigenvalue weighted by Gasteiger charge is 2.42. The highest BCUT2D eigenvalue weighted by molar-refractivity contribution is 7.13. The van der Waals surface area contributed by atoms with E-state index in [2.05, 4.69) is 15.2 Å². The minimum Gasteiger partial charge on any atom is -0.375 e.